The number of hydrogen-bond donors (Lipinski definition) is 1. The van der Waals surface area contributed by atoms with Gasteiger partial charge in [-0.3, -0.25) is 4.40 Å². The van der Waals surface area contributed by atoms with Crippen LogP contribution in [0.2, 0.25) is 0 Å². The highest BCUT2D eigenvalue weighted by Gasteiger charge is 2.22. The molecular weight excluding hydrogens is 378 g/mol. The molecule has 0 atom stereocenters. The lowest BCUT2D eigenvalue weighted by Gasteiger charge is -2.24. The summed E-state index contributed by atoms with van der Waals surface area (Å²) in [6.45, 7) is 0. The standard InChI is InChI=1S/C24H25N3OS/c1-28-20-14-12-18(13-15-20)22-23(25-19-10-6-3-7-11-19)27-21(16-29-24(27)26-22)17-8-4-2-5-9-17/h2,4-5,8-9,12-16,19,25H,3,6-7,10-11H2,1H3. The van der Waals surface area contributed by atoms with Crippen molar-refractivity contribution in [1.82, 2.24) is 9.38 Å². The van der Waals surface area contributed by atoms with Gasteiger partial charge in [0, 0.05) is 17.0 Å². The summed E-state index contributed by atoms with van der Waals surface area (Å²) >= 11 is 1.70. The Morgan fingerprint density at radius 1 is 0.966 bits per heavy atom. The summed E-state index contributed by atoms with van der Waals surface area (Å²) in [5.74, 6) is 1.97. The fourth-order valence-electron chi connectivity index (χ4n) is 4.19. The number of anilines is 1. The minimum absolute atomic E-state index is 0.504. The molecule has 0 aliphatic heterocycles. The van der Waals surface area contributed by atoms with Crippen LogP contribution in [-0.4, -0.2) is 22.5 Å². The van der Waals surface area contributed by atoms with Gasteiger partial charge in [0.05, 0.1) is 12.8 Å². The predicted molar refractivity (Wildman–Crippen MR) is 121 cm³/mol. The molecule has 0 amide bonds. The zero-order valence-corrected chi connectivity index (χ0v) is 17.4. The smallest absolute Gasteiger partial charge is 0.196 e. The molecule has 1 aliphatic rings. The van der Waals surface area contributed by atoms with Gasteiger partial charge in [-0.25, -0.2) is 4.98 Å². The van der Waals surface area contributed by atoms with E-state index in [1.165, 1.54) is 43.4 Å². The van der Waals surface area contributed by atoms with Crippen LogP contribution in [-0.2, 0) is 0 Å². The number of nitrogens with one attached hydrogen (secondary N) is 1. The van der Waals surface area contributed by atoms with E-state index in [1.54, 1.807) is 18.4 Å². The lowest BCUT2D eigenvalue weighted by molar-refractivity contribution is 0.415. The van der Waals surface area contributed by atoms with Gasteiger partial charge < -0.3 is 10.1 Å². The van der Waals surface area contributed by atoms with Crippen molar-refractivity contribution in [2.45, 2.75) is 38.1 Å². The van der Waals surface area contributed by atoms with Crippen molar-refractivity contribution in [3.05, 3.63) is 60.0 Å². The molecule has 0 bridgehead atoms. The zero-order valence-electron chi connectivity index (χ0n) is 16.6. The number of imidazole rings is 1. The fraction of sp³-hybridized carbons (Fsp3) is 0.292. The molecule has 5 heteroatoms. The highest BCUT2D eigenvalue weighted by molar-refractivity contribution is 7.15. The average Bonchev–Trinajstić information content (AvgIpc) is 3.35. The molecule has 1 aliphatic carbocycles. The molecule has 1 saturated carbocycles. The van der Waals surface area contributed by atoms with Crippen LogP contribution in [0.3, 0.4) is 0 Å². The highest BCUT2D eigenvalue weighted by atomic mass is 32.1. The van der Waals surface area contributed by atoms with Crippen molar-refractivity contribution in [2.24, 2.45) is 0 Å². The van der Waals surface area contributed by atoms with Gasteiger partial charge in [-0.2, -0.15) is 0 Å². The second-order valence-electron chi connectivity index (χ2n) is 7.62. The monoisotopic (exact) mass is 403 g/mol. The van der Waals surface area contributed by atoms with Crippen molar-refractivity contribution in [1.29, 1.82) is 0 Å². The maximum Gasteiger partial charge on any atom is 0.196 e. The summed E-state index contributed by atoms with van der Waals surface area (Å²) in [5, 5.41) is 6.08. The number of ether oxygens (including phenoxy) is 1. The van der Waals surface area contributed by atoms with Crippen molar-refractivity contribution in [3.63, 3.8) is 0 Å². The number of hydrogen-bond acceptors (Lipinski definition) is 4. The fourth-order valence-corrected chi connectivity index (χ4v) is 5.09. The Bertz CT molecular complexity index is 1090. The molecule has 29 heavy (non-hydrogen) atoms. The topological polar surface area (TPSA) is 38.6 Å². The maximum absolute atomic E-state index is 5.34. The van der Waals surface area contributed by atoms with Crippen LogP contribution in [0, 0.1) is 0 Å². The summed E-state index contributed by atoms with van der Waals surface area (Å²) < 4.78 is 7.64. The molecule has 0 spiro atoms. The van der Waals surface area contributed by atoms with Crippen LogP contribution in [0.5, 0.6) is 5.75 Å². The number of rotatable bonds is 5. The minimum atomic E-state index is 0.504. The van der Waals surface area contributed by atoms with Gasteiger partial charge in [0.2, 0.25) is 0 Å². The second-order valence-corrected chi connectivity index (χ2v) is 8.46. The Morgan fingerprint density at radius 2 is 1.72 bits per heavy atom. The SMILES string of the molecule is COc1ccc(-c2nc3scc(-c4ccccc4)n3c2NC2CCCCC2)cc1. The third-order valence-corrected chi connectivity index (χ3v) is 6.57. The number of aromatic nitrogens is 2. The lowest BCUT2D eigenvalue weighted by Crippen LogP contribution is -2.23. The summed E-state index contributed by atoms with van der Waals surface area (Å²) in [5.41, 5.74) is 4.53. The van der Waals surface area contributed by atoms with Crippen LogP contribution in [0.1, 0.15) is 32.1 Å². The van der Waals surface area contributed by atoms with E-state index in [-0.39, 0.29) is 0 Å². The van der Waals surface area contributed by atoms with Crippen LogP contribution in [0.25, 0.3) is 27.5 Å². The first kappa shape index (κ1) is 18.3. The summed E-state index contributed by atoms with van der Waals surface area (Å²) in [6, 6.07) is 19.3. The highest BCUT2D eigenvalue weighted by Crippen LogP contribution is 2.37. The quantitative estimate of drug-likeness (QED) is 0.414. The van der Waals surface area contributed by atoms with Crippen molar-refractivity contribution in [3.8, 4) is 28.3 Å². The van der Waals surface area contributed by atoms with Gasteiger partial charge in [0.25, 0.3) is 0 Å². The lowest BCUT2D eigenvalue weighted by atomic mass is 9.95. The molecule has 0 saturated heterocycles. The molecule has 5 rings (SSSR count). The molecule has 2 aromatic carbocycles. The summed E-state index contributed by atoms with van der Waals surface area (Å²) in [7, 11) is 1.70. The molecule has 1 fully saturated rings. The molecule has 148 valence electrons. The average molecular weight is 404 g/mol. The van der Waals surface area contributed by atoms with E-state index < -0.39 is 0 Å². The minimum Gasteiger partial charge on any atom is -0.497 e. The van der Waals surface area contributed by atoms with E-state index in [9.17, 15) is 0 Å². The van der Waals surface area contributed by atoms with Crippen molar-refractivity contribution < 1.29 is 4.74 Å². The van der Waals surface area contributed by atoms with Gasteiger partial charge >= 0.3 is 0 Å². The van der Waals surface area contributed by atoms with E-state index in [4.69, 9.17) is 9.72 Å². The van der Waals surface area contributed by atoms with Crippen LogP contribution < -0.4 is 10.1 Å². The zero-order chi connectivity index (χ0) is 19.6. The van der Waals surface area contributed by atoms with Crippen LogP contribution in [0.4, 0.5) is 5.82 Å². The number of nitrogens with zero attached hydrogens (tertiary/aromatic N) is 2. The Morgan fingerprint density at radius 3 is 2.45 bits per heavy atom. The van der Waals surface area contributed by atoms with Crippen LogP contribution >= 0.6 is 11.3 Å². The second kappa shape index (κ2) is 7.91. The largest absolute Gasteiger partial charge is 0.497 e. The molecule has 0 radical (unpaired) electrons. The third-order valence-electron chi connectivity index (χ3n) is 5.74. The van der Waals surface area contributed by atoms with Gasteiger partial charge in [0.1, 0.15) is 17.3 Å². The molecular formula is C24H25N3OS. The van der Waals surface area contributed by atoms with Crippen LogP contribution in [0.15, 0.2) is 60.0 Å². The normalized spacial score (nSPS) is 14.9. The van der Waals surface area contributed by atoms with Gasteiger partial charge in [-0.05, 0) is 42.7 Å². The van der Waals surface area contributed by atoms with Crippen molar-refractivity contribution >= 4 is 22.1 Å². The van der Waals surface area contributed by atoms with Gasteiger partial charge in [0.15, 0.2) is 4.96 Å². The molecule has 0 unspecified atom stereocenters. The van der Waals surface area contributed by atoms with Crippen molar-refractivity contribution in [2.75, 3.05) is 12.4 Å². The predicted octanol–water partition coefficient (Wildman–Crippen LogP) is 6.48. The van der Waals surface area contributed by atoms with E-state index in [0.717, 1.165) is 27.8 Å². The summed E-state index contributed by atoms with van der Waals surface area (Å²) in [6.07, 6.45) is 6.39. The van der Waals surface area contributed by atoms with E-state index in [0.29, 0.717) is 6.04 Å². The number of fused-ring (bicyclic) bond motifs is 1. The molecule has 1 N–H and O–H groups in total. The van der Waals surface area contributed by atoms with E-state index in [1.807, 2.05) is 12.1 Å². The Labute approximate surface area is 175 Å². The first-order valence-corrected chi connectivity index (χ1v) is 11.2. The number of thiazole rings is 1. The maximum atomic E-state index is 5.34. The molecule has 4 nitrogen and oxygen atoms in total. The van der Waals surface area contributed by atoms with Gasteiger partial charge in [-0.1, -0.05) is 49.6 Å². The number of methoxy groups -OCH3 is 1. The van der Waals surface area contributed by atoms with E-state index in [2.05, 4.69) is 57.6 Å². The first-order chi connectivity index (χ1) is 14.3. The Balaban J connectivity index is 1.65. The Kier molecular flexibility index (Phi) is 4.98. The Hall–Kier alpha value is -2.79. The van der Waals surface area contributed by atoms with E-state index >= 15 is 0 Å². The first-order valence-electron chi connectivity index (χ1n) is 10.3. The molecule has 2 aromatic heterocycles. The third kappa shape index (κ3) is 3.51. The number of benzene rings is 2. The van der Waals surface area contributed by atoms with Gasteiger partial charge in [-0.15, -0.1) is 11.3 Å². The summed E-state index contributed by atoms with van der Waals surface area (Å²) in [4.78, 5) is 6.05. The molecule has 4 aromatic rings. The molecule has 2 heterocycles.